The number of likely N-dealkylation sites (tertiary alicyclic amines) is 1. The van der Waals surface area contributed by atoms with Crippen molar-refractivity contribution < 1.29 is 14.1 Å². The lowest BCUT2D eigenvalue weighted by Crippen LogP contribution is -2.28. The van der Waals surface area contributed by atoms with Gasteiger partial charge in [-0.1, -0.05) is 10.4 Å². The smallest absolute Gasteiger partial charge is 0.258 e. The Balaban J connectivity index is 1.30. The Morgan fingerprint density at radius 3 is 2.58 bits per heavy atom. The molecule has 0 bridgehead atoms. The van der Waals surface area contributed by atoms with Crippen molar-refractivity contribution in [3.63, 3.8) is 0 Å². The van der Waals surface area contributed by atoms with Crippen LogP contribution in [0.3, 0.4) is 0 Å². The third-order valence-electron chi connectivity index (χ3n) is 5.65. The summed E-state index contributed by atoms with van der Waals surface area (Å²) in [4.78, 5) is 29.9. The molecular weight excluding hydrogens is 422 g/mol. The zero-order valence-electron chi connectivity index (χ0n) is 18.2. The van der Waals surface area contributed by atoms with Crippen molar-refractivity contribution in [1.82, 2.24) is 30.0 Å². The predicted octanol–water partition coefficient (Wildman–Crippen LogP) is 3.12. The van der Waals surface area contributed by atoms with Crippen LogP contribution in [-0.2, 0) is 16.1 Å². The molecule has 10 heteroatoms. The lowest BCUT2D eigenvalue weighted by molar-refractivity contribution is -0.130. The molecule has 33 heavy (non-hydrogen) atoms. The molecule has 2 amide bonds. The Bertz CT molecular complexity index is 1300. The number of hydrogen-bond acceptors (Lipinski definition) is 7. The SMILES string of the molecule is CC(=O)Nc1ccc(-c2nc(-c3ccc4c(c3)nnn4CCC(=O)N3CCCC3)no2)cc1. The summed E-state index contributed by atoms with van der Waals surface area (Å²) >= 11 is 0. The van der Waals surface area contributed by atoms with Crippen LogP contribution in [0.15, 0.2) is 47.0 Å². The van der Waals surface area contributed by atoms with Crippen LogP contribution in [0.4, 0.5) is 5.69 Å². The van der Waals surface area contributed by atoms with Gasteiger partial charge in [0.1, 0.15) is 5.52 Å². The summed E-state index contributed by atoms with van der Waals surface area (Å²) in [5.41, 5.74) is 3.75. The number of fused-ring (bicyclic) bond motifs is 1. The van der Waals surface area contributed by atoms with Crippen molar-refractivity contribution in [2.24, 2.45) is 0 Å². The van der Waals surface area contributed by atoms with Gasteiger partial charge in [0.15, 0.2) is 0 Å². The van der Waals surface area contributed by atoms with Gasteiger partial charge in [-0.3, -0.25) is 9.59 Å². The number of rotatable bonds is 6. The van der Waals surface area contributed by atoms with Gasteiger partial charge in [-0.25, -0.2) is 4.68 Å². The van der Waals surface area contributed by atoms with E-state index in [0.717, 1.165) is 42.6 Å². The minimum absolute atomic E-state index is 0.131. The zero-order valence-corrected chi connectivity index (χ0v) is 18.2. The summed E-state index contributed by atoms with van der Waals surface area (Å²) in [6, 6.07) is 12.8. The normalized spacial score (nSPS) is 13.5. The Morgan fingerprint density at radius 2 is 1.82 bits per heavy atom. The predicted molar refractivity (Wildman–Crippen MR) is 121 cm³/mol. The monoisotopic (exact) mass is 445 g/mol. The summed E-state index contributed by atoms with van der Waals surface area (Å²) in [6.07, 6.45) is 2.58. The molecule has 0 aliphatic carbocycles. The number of aryl methyl sites for hydroxylation is 1. The van der Waals surface area contributed by atoms with E-state index in [1.807, 2.05) is 23.1 Å². The highest BCUT2D eigenvalue weighted by atomic mass is 16.5. The van der Waals surface area contributed by atoms with Crippen LogP contribution < -0.4 is 5.32 Å². The molecule has 1 fully saturated rings. The summed E-state index contributed by atoms with van der Waals surface area (Å²) in [5, 5.41) is 15.3. The van der Waals surface area contributed by atoms with Crippen molar-refractivity contribution in [3.8, 4) is 22.8 Å². The first-order valence-corrected chi connectivity index (χ1v) is 10.9. The molecule has 1 saturated heterocycles. The van der Waals surface area contributed by atoms with E-state index in [2.05, 4.69) is 25.8 Å². The summed E-state index contributed by atoms with van der Waals surface area (Å²) < 4.78 is 7.18. The minimum Gasteiger partial charge on any atom is -0.343 e. The van der Waals surface area contributed by atoms with Crippen molar-refractivity contribution in [2.45, 2.75) is 32.7 Å². The molecule has 0 saturated carbocycles. The van der Waals surface area contributed by atoms with Crippen LogP contribution in [0.25, 0.3) is 33.9 Å². The average molecular weight is 445 g/mol. The highest BCUT2D eigenvalue weighted by Crippen LogP contribution is 2.25. The number of benzene rings is 2. The summed E-state index contributed by atoms with van der Waals surface area (Å²) in [5.74, 6) is 0.852. The Kier molecular flexibility index (Phi) is 5.55. The molecule has 5 rings (SSSR count). The molecule has 0 radical (unpaired) electrons. The number of carbonyl (C=O) groups excluding carboxylic acids is 2. The maximum atomic E-state index is 12.3. The largest absolute Gasteiger partial charge is 0.343 e. The molecule has 0 unspecified atom stereocenters. The van der Waals surface area contributed by atoms with E-state index in [9.17, 15) is 9.59 Å². The molecule has 10 nitrogen and oxygen atoms in total. The molecule has 1 aliphatic heterocycles. The Hall–Kier alpha value is -4.08. The standard InChI is InChI=1S/C23H23N7O3/c1-15(31)24-18-7-4-16(5-8-18)23-25-22(27-33-23)17-6-9-20-19(14-17)26-28-30(20)13-10-21(32)29-11-2-3-12-29/h4-9,14H,2-3,10-13H2,1H3,(H,24,31). The van der Waals surface area contributed by atoms with E-state index in [-0.39, 0.29) is 11.8 Å². The molecule has 0 spiro atoms. The molecule has 2 aromatic carbocycles. The van der Waals surface area contributed by atoms with Gasteiger partial charge in [-0.15, -0.1) is 5.10 Å². The fourth-order valence-electron chi connectivity index (χ4n) is 3.96. The second kappa shape index (κ2) is 8.81. The summed E-state index contributed by atoms with van der Waals surface area (Å²) in [7, 11) is 0. The maximum absolute atomic E-state index is 12.3. The topological polar surface area (TPSA) is 119 Å². The molecule has 3 heterocycles. The van der Waals surface area contributed by atoms with Gasteiger partial charge in [-0.05, 0) is 55.3 Å². The number of amides is 2. The first-order chi connectivity index (χ1) is 16.1. The Labute approximate surface area is 189 Å². The quantitative estimate of drug-likeness (QED) is 0.484. The van der Waals surface area contributed by atoms with Crippen molar-refractivity contribution >= 4 is 28.5 Å². The molecular formula is C23H23N7O3. The maximum Gasteiger partial charge on any atom is 0.258 e. The van der Waals surface area contributed by atoms with E-state index in [0.29, 0.717) is 35.9 Å². The first kappa shape index (κ1) is 20.8. The van der Waals surface area contributed by atoms with Gasteiger partial charge >= 0.3 is 0 Å². The fourth-order valence-corrected chi connectivity index (χ4v) is 3.96. The van der Waals surface area contributed by atoms with Crippen LogP contribution >= 0.6 is 0 Å². The molecule has 1 aliphatic rings. The third kappa shape index (κ3) is 4.45. The number of anilines is 1. The molecule has 168 valence electrons. The Morgan fingerprint density at radius 1 is 1.06 bits per heavy atom. The number of aromatic nitrogens is 5. The lowest BCUT2D eigenvalue weighted by atomic mass is 10.2. The van der Waals surface area contributed by atoms with Gasteiger partial charge in [0.25, 0.3) is 5.89 Å². The van der Waals surface area contributed by atoms with Crippen molar-refractivity contribution in [3.05, 3.63) is 42.5 Å². The van der Waals surface area contributed by atoms with Crippen LogP contribution in [0.5, 0.6) is 0 Å². The number of nitrogens with zero attached hydrogens (tertiary/aromatic N) is 6. The van der Waals surface area contributed by atoms with Crippen molar-refractivity contribution in [1.29, 1.82) is 0 Å². The van der Waals surface area contributed by atoms with Crippen LogP contribution in [0.1, 0.15) is 26.2 Å². The lowest BCUT2D eigenvalue weighted by Gasteiger charge is -2.14. The van der Waals surface area contributed by atoms with Gasteiger partial charge < -0.3 is 14.7 Å². The number of carbonyl (C=O) groups is 2. The van der Waals surface area contributed by atoms with Gasteiger partial charge in [-0.2, -0.15) is 4.98 Å². The second-order valence-electron chi connectivity index (χ2n) is 8.04. The molecule has 2 aromatic heterocycles. The van der Waals surface area contributed by atoms with E-state index >= 15 is 0 Å². The average Bonchev–Trinajstić information content (AvgIpc) is 3.58. The van der Waals surface area contributed by atoms with Crippen molar-refractivity contribution in [2.75, 3.05) is 18.4 Å². The molecule has 0 atom stereocenters. The molecule has 1 N–H and O–H groups in total. The zero-order chi connectivity index (χ0) is 22.8. The second-order valence-corrected chi connectivity index (χ2v) is 8.04. The number of hydrogen-bond donors (Lipinski definition) is 1. The van der Waals surface area contributed by atoms with Gasteiger partial charge in [0.05, 0.1) is 12.1 Å². The summed E-state index contributed by atoms with van der Waals surface area (Å²) in [6.45, 7) is 3.66. The van der Waals surface area contributed by atoms with E-state index in [1.54, 1.807) is 28.9 Å². The van der Waals surface area contributed by atoms with Gasteiger partial charge in [0, 0.05) is 43.2 Å². The van der Waals surface area contributed by atoms with E-state index < -0.39 is 0 Å². The highest BCUT2D eigenvalue weighted by molar-refractivity contribution is 5.88. The van der Waals surface area contributed by atoms with Crippen LogP contribution in [-0.4, -0.2) is 54.9 Å². The number of nitrogens with one attached hydrogen (secondary N) is 1. The van der Waals surface area contributed by atoms with E-state index in [1.165, 1.54) is 6.92 Å². The third-order valence-corrected chi connectivity index (χ3v) is 5.65. The van der Waals surface area contributed by atoms with Gasteiger partial charge in [0.2, 0.25) is 17.6 Å². The van der Waals surface area contributed by atoms with E-state index in [4.69, 9.17) is 4.52 Å². The van der Waals surface area contributed by atoms with Crippen LogP contribution in [0, 0.1) is 0 Å². The van der Waals surface area contributed by atoms with Crippen LogP contribution in [0.2, 0.25) is 0 Å². The minimum atomic E-state index is -0.131. The first-order valence-electron chi connectivity index (χ1n) is 10.9. The fraction of sp³-hybridized carbons (Fsp3) is 0.304. The highest BCUT2D eigenvalue weighted by Gasteiger charge is 2.18. The molecule has 4 aromatic rings.